The van der Waals surface area contributed by atoms with Gasteiger partial charge in [-0.2, -0.15) is 0 Å². The van der Waals surface area contributed by atoms with Crippen LogP contribution in [0.15, 0.2) is 60.7 Å². The minimum Gasteiger partial charge on any atom is -0.494 e. The molecule has 8 heteroatoms. The number of anilines is 2. The second kappa shape index (κ2) is 9.42. The fourth-order valence-electron chi connectivity index (χ4n) is 3.41. The van der Waals surface area contributed by atoms with Gasteiger partial charge in [-0.25, -0.2) is 9.18 Å². The average molecular weight is 421 g/mol. The molecule has 2 aromatic carbocycles. The lowest BCUT2D eigenvalue weighted by Gasteiger charge is -2.35. The number of hydrogen-bond donors (Lipinski definition) is 1. The zero-order chi connectivity index (χ0) is 21.6. The Labute approximate surface area is 180 Å². The first-order valence-electron chi connectivity index (χ1n) is 10.3. The summed E-state index contributed by atoms with van der Waals surface area (Å²) in [5, 5.41) is 11.5. The van der Waals surface area contributed by atoms with Gasteiger partial charge in [0, 0.05) is 37.4 Å². The summed E-state index contributed by atoms with van der Waals surface area (Å²) in [4.78, 5) is 16.4. The van der Waals surface area contributed by atoms with Crippen LogP contribution in [0.4, 0.5) is 20.7 Å². The Morgan fingerprint density at radius 2 is 1.68 bits per heavy atom. The van der Waals surface area contributed by atoms with Gasteiger partial charge in [0.1, 0.15) is 11.6 Å². The number of rotatable bonds is 5. The Hall–Kier alpha value is -3.68. The molecule has 0 spiro atoms. The SMILES string of the molecule is CCOc1ccc(NC(=O)N2CCN(c3ccc(-c4ccc(F)cc4)nn3)CC2)cc1. The largest absolute Gasteiger partial charge is 0.494 e. The van der Waals surface area contributed by atoms with Gasteiger partial charge in [-0.1, -0.05) is 0 Å². The van der Waals surface area contributed by atoms with Gasteiger partial charge in [0.25, 0.3) is 0 Å². The number of nitrogens with one attached hydrogen (secondary N) is 1. The summed E-state index contributed by atoms with van der Waals surface area (Å²) in [6.45, 7) is 5.05. The number of aromatic nitrogens is 2. The summed E-state index contributed by atoms with van der Waals surface area (Å²) in [7, 11) is 0. The first-order valence-corrected chi connectivity index (χ1v) is 10.3. The molecular formula is C23H24FN5O2. The van der Waals surface area contributed by atoms with E-state index < -0.39 is 0 Å². The van der Waals surface area contributed by atoms with Crippen molar-refractivity contribution < 1.29 is 13.9 Å². The predicted molar refractivity (Wildman–Crippen MR) is 118 cm³/mol. The summed E-state index contributed by atoms with van der Waals surface area (Å²) >= 11 is 0. The third-order valence-corrected chi connectivity index (χ3v) is 5.10. The number of nitrogens with zero attached hydrogens (tertiary/aromatic N) is 4. The van der Waals surface area contributed by atoms with Crippen LogP contribution in [0, 0.1) is 5.82 Å². The number of hydrogen-bond acceptors (Lipinski definition) is 5. The number of piperazine rings is 1. The molecule has 0 bridgehead atoms. The molecule has 2 heterocycles. The van der Waals surface area contributed by atoms with Gasteiger partial charge in [0.15, 0.2) is 5.82 Å². The van der Waals surface area contributed by atoms with Gasteiger partial charge in [-0.3, -0.25) is 0 Å². The molecule has 1 aliphatic heterocycles. The van der Waals surface area contributed by atoms with Crippen LogP contribution >= 0.6 is 0 Å². The molecule has 1 aromatic heterocycles. The molecule has 2 amide bonds. The van der Waals surface area contributed by atoms with E-state index in [1.807, 2.05) is 43.3 Å². The van der Waals surface area contributed by atoms with Crippen LogP contribution in [0.5, 0.6) is 5.75 Å². The number of benzene rings is 2. The number of ether oxygens (including phenoxy) is 1. The van der Waals surface area contributed by atoms with Gasteiger partial charge in [0.2, 0.25) is 0 Å². The average Bonchev–Trinajstić information content (AvgIpc) is 2.81. The quantitative estimate of drug-likeness (QED) is 0.673. The number of carbonyl (C=O) groups excluding carboxylic acids is 1. The van der Waals surface area contributed by atoms with Crippen LogP contribution in [-0.2, 0) is 0 Å². The van der Waals surface area contributed by atoms with Crippen LogP contribution in [0.2, 0.25) is 0 Å². The van der Waals surface area contributed by atoms with Crippen molar-refractivity contribution in [1.82, 2.24) is 15.1 Å². The standard InChI is InChI=1S/C23H24FN5O2/c1-2-31-20-9-7-19(8-10-20)25-23(30)29-15-13-28(14-16-29)22-12-11-21(26-27-22)17-3-5-18(24)6-4-17/h3-12H,2,13-16H2,1H3,(H,25,30). The molecule has 0 saturated carbocycles. The van der Waals surface area contributed by atoms with Gasteiger partial charge in [-0.05, 0) is 67.6 Å². The first-order chi connectivity index (χ1) is 15.1. The van der Waals surface area contributed by atoms with Crippen LogP contribution in [0.25, 0.3) is 11.3 Å². The highest BCUT2D eigenvalue weighted by Crippen LogP contribution is 2.20. The third kappa shape index (κ3) is 5.09. The van der Waals surface area contributed by atoms with Gasteiger partial charge in [-0.15, -0.1) is 10.2 Å². The van der Waals surface area contributed by atoms with Crippen molar-refractivity contribution in [3.8, 4) is 17.0 Å². The molecule has 7 nitrogen and oxygen atoms in total. The monoisotopic (exact) mass is 421 g/mol. The van der Waals surface area contributed by atoms with Crippen LogP contribution in [0.3, 0.4) is 0 Å². The van der Waals surface area contributed by atoms with Crippen LogP contribution in [-0.4, -0.2) is 53.9 Å². The topological polar surface area (TPSA) is 70.6 Å². The Bertz CT molecular complexity index is 1000. The van der Waals surface area contributed by atoms with Crippen LogP contribution < -0.4 is 15.0 Å². The van der Waals surface area contributed by atoms with Crippen molar-refractivity contribution in [3.05, 3.63) is 66.5 Å². The summed E-state index contributed by atoms with van der Waals surface area (Å²) in [6, 6.07) is 17.2. The second-order valence-electron chi connectivity index (χ2n) is 7.15. The Morgan fingerprint density at radius 1 is 0.968 bits per heavy atom. The fraction of sp³-hybridized carbons (Fsp3) is 0.261. The highest BCUT2D eigenvalue weighted by molar-refractivity contribution is 5.89. The maximum Gasteiger partial charge on any atom is 0.321 e. The Morgan fingerprint density at radius 3 is 2.29 bits per heavy atom. The molecule has 160 valence electrons. The third-order valence-electron chi connectivity index (χ3n) is 5.10. The minimum atomic E-state index is -0.280. The molecule has 0 aliphatic carbocycles. The lowest BCUT2D eigenvalue weighted by atomic mass is 10.1. The van der Waals surface area contributed by atoms with E-state index in [0.717, 1.165) is 22.8 Å². The van der Waals surface area contributed by atoms with E-state index in [1.54, 1.807) is 17.0 Å². The highest BCUT2D eigenvalue weighted by atomic mass is 19.1. The molecule has 0 atom stereocenters. The lowest BCUT2D eigenvalue weighted by Crippen LogP contribution is -2.50. The van der Waals surface area contributed by atoms with Crippen LogP contribution in [0.1, 0.15) is 6.92 Å². The smallest absolute Gasteiger partial charge is 0.321 e. The van der Waals surface area contributed by atoms with Crippen molar-refractivity contribution in [2.45, 2.75) is 6.92 Å². The summed E-state index contributed by atoms with van der Waals surface area (Å²) in [6.07, 6.45) is 0. The Balaban J connectivity index is 1.30. The molecule has 1 N–H and O–H groups in total. The van der Waals surface area contributed by atoms with E-state index in [-0.39, 0.29) is 11.8 Å². The van der Waals surface area contributed by atoms with Gasteiger partial charge < -0.3 is 19.9 Å². The molecule has 1 aliphatic rings. The highest BCUT2D eigenvalue weighted by Gasteiger charge is 2.22. The maximum absolute atomic E-state index is 13.1. The number of halogens is 1. The Kier molecular flexibility index (Phi) is 6.26. The zero-order valence-electron chi connectivity index (χ0n) is 17.3. The minimum absolute atomic E-state index is 0.124. The predicted octanol–water partition coefficient (Wildman–Crippen LogP) is 4.04. The van der Waals surface area contributed by atoms with Crippen molar-refractivity contribution in [1.29, 1.82) is 0 Å². The lowest BCUT2D eigenvalue weighted by molar-refractivity contribution is 0.208. The first kappa shape index (κ1) is 20.6. The molecule has 31 heavy (non-hydrogen) atoms. The summed E-state index contributed by atoms with van der Waals surface area (Å²) in [5.41, 5.74) is 2.24. The second-order valence-corrected chi connectivity index (χ2v) is 7.15. The molecule has 3 aromatic rings. The molecule has 0 unspecified atom stereocenters. The molecule has 1 saturated heterocycles. The van der Waals surface area contributed by atoms with Crippen molar-refractivity contribution in [2.75, 3.05) is 43.0 Å². The number of carbonyl (C=O) groups is 1. The van der Waals surface area contributed by atoms with E-state index in [1.165, 1.54) is 12.1 Å². The zero-order valence-corrected chi connectivity index (χ0v) is 17.3. The number of urea groups is 1. The van der Waals surface area contributed by atoms with E-state index in [9.17, 15) is 9.18 Å². The number of amides is 2. The molecular weight excluding hydrogens is 397 g/mol. The molecule has 1 fully saturated rings. The van der Waals surface area contributed by atoms with E-state index >= 15 is 0 Å². The van der Waals surface area contributed by atoms with Crippen molar-refractivity contribution >= 4 is 17.5 Å². The van der Waals surface area contributed by atoms with Gasteiger partial charge >= 0.3 is 6.03 Å². The van der Waals surface area contributed by atoms with Crippen molar-refractivity contribution in [3.63, 3.8) is 0 Å². The van der Waals surface area contributed by atoms with Crippen molar-refractivity contribution in [2.24, 2.45) is 0 Å². The normalized spacial score (nSPS) is 13.7. The van der Waals surface area contributed by atoms with Gasteiger partial charge in [0.05, 0.1) is 12.3 Å². The fourth-order valence-corrected chi connectivity index (χ4v) is 3.41. The summed E-state index contributed by atoms with van der Waals surface area (Å²) < 4.78 is 18.5. The van der Waals surface area contributed by atoms with E-state index in [0.29, 0.717) is 38.5 Å². The van der Waals surface area contributed by atoms with E-state index in [4.69, 9.17) is 4.74 Å². The molecule has 4 rings (SSSR count). The molecule has 0 radical (unpaired) electrons. The summed E-state index contributed by atoms with van der Waals surface area (Å²) in [5.74, 6) is 1.26. The maximum atomic E-state index is 13.1. The van der Waals surface area contributed by atoms with E-state index in [2.05, 4.69) is 20.4 Å².